The Morgan fingerprint density at radius 1 is 0.477 bits per heavy atom. The first-order valence-corrected chi connectivity index (χ1v) is 15.5. The van der Waals surface area contributed by atoms with E-state index >= 15 is 0 Å². The van der Waals surface area contributed by atoms with Crippen LogP contribution in [0.1, 0.15) is 22.3 Å². The van der Waals surface area contributed by atoms with Crippen LogP contribution >= 0.6 is 31.9 Å². The number of hydrogen-bond donors (Lipinski definition) is 0. The molecule has 0 aliphatic carbocycles. The van der Waals surface area contributed by atoms with Gasteiger partial charge < -0.3 is 18.9 Å². The van der Waals surface area contributed by atoms with E-state index in [0.717, 1.165) is 42.7 Å². The van der Waals surface area contributed by atoms with E-state index in [1.807, 2.05) is 115 Å². The van der Waals surface area contributed by atoms with Crippen LogP contribution < -0.4 is 9.47 Å². The number of ether oxygens (including phenoxy) is 4. The summed E-state index contributed by atoms with van der Waals surface area (Å²) in [6, 6.07) is 38.8. The van der Waals surface area contributed by atoms with E-state index in [0.29, 0.717) is 24.7 Å². The zero-order valence-corrected chi connectivity index (χ0v) is 26.9. The maximum absolute atomic E-state index is 5.99. The lowest BCUT2D eigenvalue weighted by molar-refractivity contribution is 0.148. The average molecular weight is 708 g/mol. The van der Waals surface area contributed by atoms with Crippen LogP contribution in [-0.2, 0) is 22.7 Å². The summed E-state index contributed by atoms with van der Waals surface area (Å²) < 4.78 is 25.6. The minimum atomic E-state index is 0.277. The first-order valence-electron chi connectivity index (χ1n) is 13.9. The van der Waals surface area contributed by atoms with Crippen molar-refractivity contribution in [1.82, 2.24) is 0 Å². The second kappa shape index (κ2) is 16.5. The van der Waals surface area contributed by atoms with Crippen molar-refractivity contribution in [3.05, 3.63) is 153 Å². The van der Waals surface area contributed by atoms with E-state index in [9.17, 15) is 0 Å². The number of para-hydroxylation sites is 4. The summed E-state index contributed by atoms with van der Waals surface area (Å²) in [7, 11) is 0. The predicted octanol–water partition coefficient (Wildman–Crippen LogP) is 9.93. The van der Waals surface area contributed by atoms with Crippen molar-refractivity contribution in [2.45, 2.75) is 13.2 Å². The lowest BCUT2D eigenvalue weighted by Gasteiger charge is -2.10. The fourth-order valence-corrected chi connectivity index (χ4v) is 5.32. The largest absolute Gasteiger partial charge is 0.456 e. The second-order valence-corrected chi connectivity index (χ2v) is 11.2. The first-order chi connectivity index (χ1) is 21.7. The molecule has 0 fully saturated rings. The molecule has 0 N–H and O–H groups in total. The molecule has 0 bridgehead atoms. The monoisotopic (exact) mass is 706 g/mol. The van der Waals surface area contributed by atoms with Crippen molar-refractivity contribution in [2.75, 3.05) is 13.2 Å². The highest BCUT2D eigenvalue weighted by molar-refractivity contribution is 9.11. The molecule has 0 radical (unpaired) electrons. The summed E-state index contributed by atoms with van der Waals surface area (Å²) in [5.74, 6) is 15.5. The number of halogens is 2. The Morgan fingerprint density at radius 3 is 1.34 bits per heavy atom. The summed E-state index contributed by atoms with van der Waals surface area (Å²) >= 11 is 7.28. The molecule has 0 amide bonds. The summed E-state index contributed by atoms with van der Waals surface area (Å²) in [6.07, 6.45) is 0. The van der Waals surface area contributed by atoms with Crippen LogP contribution in [0, 0.1) is 23.7 Å². The molecule has 4 nitrogen and oxygen atoms in total. The molecule has 6 heteroatoms. The highest BCUT2D eigenvalue weighted by Gasteiger charge is 2.08. The molecule has 5 aromatic rings. The molecule has 0 spiro atoms. The van der Waals surface area contributed by atoms with Crippen LogP contribution in [0.15, 0.2) is 130 Å². The number of benzene rings is 5. The second-order valence-electron chi connectivity index (χ2n) is 9.45. The Hall–Kier alpha value is -4.30. The Labute approximate surface area is 275 Å². The molecule has 0 saturated carbocycles. The fraction of sp³-hybridized carbons (Fsp3) is 0.105. The van der Waals surface area contributed by atoms with E-state index in [-0.39, 0.29) is 13.2 Å². The number of hydrogen-bond acceptors (Lipinski definition) is 4. The van der Waals surface area contributed by atoms with Crippen LogP contribution in [0.25, 0.3) is 0 Å². The van der Waals surface area contributed by atoms with Gasteiger partial charge >= 0.3 is 0 Å². The molecule has 5 rings (SSSR count). The van der Waals surface area contributed by atoms with Crippen LogP contribution in [0.3, 0.4) is 0 Å². The molecule has 0 unspecified atom stereocenters. The SMILES string of the molecule is Brc1cc(Br)c(COCC#Cc2ccccc2Oc2ccccc2)cc1COCC#Cc1ccccc1Oc1ccccc1. The highest BCUT2D eigenvalue weighted by Crippen LogP contribution is 2.28. The smallest absolute Gasteiger partial charge is 0.143 e. The molecule has 218 valence electrons. The third-order valence-electron chi connectivity index (χ3n) is 6.24. The Balaban J connectivity index is 1.13. The van der Waals surface area contributed by atoms with Gasteiger partial charge in [-0.25, -0.2) is 0 Å². The molecule has 0 aliphatic rings. The minimum Gasteiger partial charge on any atom is -0.456 e. The zero-order valence-electron chi connectivity index (χ0n) is 23.8. The van der Waals surface area contributed by atoms with Gasteiger partial charge in [0, 0.05) is 8.95 Å². The van der Waals surface area contributed by atoms with Gasteiger partial charge in [-0.3, -0.25) is 0 Å². The van der Waals surface area contributed by atoms with Gasteiger partial charge in [0.25, 0.3) is 0 Å². The predicted molar refractivity (Wildman–Crippen MR) is 181 cm³/mol. The zero-order chi connectivity index (χ0) is 30.4. The summed E-state index contributed by atoms with van der Waals surface area (Å²) in [5, 5.41) is 0. The first kappa shape index (κ1) is 31.1. The van der Waals surface area contributed by atoms with Crippen LogP contribution in [-0.4, -0.2) is 13.2 Å². The van der Waals surface area contributed by atoms with Crippen molar-refractivity contribution >= 4 is 31.9 Å². The maximum Gasteiger partial charge on any atom is 0.143 e. The summed E-state index contributed by atoms with van der Waals surface area (Å²) in [5.41, 5.74) is 3.61. The van der Waals surface area contributed by atoms with Gasteiger partial charge in [-0.1, -0.05) is 116 Å². The van der Waals surface area contributed by atoms with Crippen molar-refractivity contribution in [1.29, 1.82) is 0 Å². The molecule has 5 aromatic carbocycles. The quantitative estimate of drug-likeness (QED) is 0.107. The van der Waals surface area contributed by atoms with Crippen molar-refractivity contribution < 1.29 is 18.9 Å². The van der Waals surface area contributed by atoms with Crippen LogP contribution in [0.4, 0.5) is 0 Å². The van der Waals surface area contributed by atoms with E-state index in [1.54, 1.807) is 0 Å². The lowest BCUT2D eigenvalue weighted by Crippen LogP contribution is -1.99. The minimum absolute atomic E-state index is 0.277. The van der Waals surface area contributed by atoms with Gasteiger partial charge in [0.1, 0.15) is 36.2 Å². The molecular weight excluding hydrogens is 680 g/mol. The van der Waals surface area contributed by atoms with E-state index in [4.69, 9.17) is 18.9 Å². The standard InChI is InChI=1S/C38H28Br2O4/c39-35-26-36(40)32(28-42-24-12-16-30-14-8-10-22-38(30)44-34-19-5-2-6-20-34)25-31(35)27-41-23-11-15-29-13-7-9-21-37(29)43-33-17-3-1-4-18-33/h1-10,13-14,17-22,25-26H,23-24,27-28H2. The Bertz CT molecular complexity index is 1670. The van der Waals surface area contributed by atoms with Gasteiger partial charge in [-0.15, -0.1) is 0 Å². The molecule has 0 saturated heterocycles. The van der Waals surface area contributed by atoms with Crippen LogP contribution in [0.2, 0.25) is 0 Å². The molecule has 0 atom stereocenters. The highest BCUT2D eigenvalue weighted by atomic mass is 79.9. The van der Waals surface area contributed by atoms with Gasteiger partial charge in [-0.05, 0) is 71.8 Å². The van der Waals surface area contributed by atoms with Crippen molar-refractivity contribution in [3.63, 3.8) is 0 Å². The van der Waals surface area contributed by atoms with Gasteiger partial charge in [0.15, 0.2) is 0 Å². The van der Waals surface area contributed by atoms with Gasteiger partial charge in [0.2, 0.25) is 0 Å². The lowest BCUT2D eigenvalue weighted by atomic mass is 10.1. The molecule has 44 heavy (non-hydrogen) atoms. The van der Waals surface area contributed by atoms with E-state index < -0.39 is 0 Å². The number of rotatable bonds is 10. The summed E-state index contributed by atoms with van der Waals surface area (Å²) in [6.45, 7) is 1.35. The Kier molecular flexibility index (Phi) is 11.7. The van der Waals surface area contributed by atoms with Crippen molar-refractivity contribution in [3.8, 4) is 46.7 Å². The topological polar surface area (TPSA) is 36.9 Å². The van der Waals surface area contributed by atoms with Crippen LogP contribution in [0.5, 0.6) is 23.0 Å². The Morgan fingerprint density at radius 2 is 0.886 bits per heavy atom. The molecule has 0 aromatic heterocycles. The van der Waals surface area contributed by atoms with E-state index in [2.05, 4.69) is 61.6 Å². The summed E-state index contributed by atoms with van der Waals surface area (Å²) in [4.78, 5) is 0. The molecule has 0 aliphatic heterocycles. The average Bonchev–Trinajstić information content (AvgIpc) is 3.05. The van der Waals surface area contributed by atoms with Crippen molar-refractivity contribution in [2.24, 2.45) is 0 Å². The molecule has 0 heterocycles. The van der Waals surface area contributed by atoms with Gasteiger partial charge in [-0.2, -0.15) is 0 Å². The molecular formula is C38H28Br2O4. The maximum atomic E-state index is 5.99. The third kappa shape index (κ3) is 9.35. The van der Waals surface area contributed by atoms with E-state index in [1.165, 1.54) is 0 Å². The normalized spacial score (nSPS) is 10.2. The third-order valence-corrected chi connectivity index (χ3v) is 7.72. The van der Waals surface area contributed by atoms with Gasteiger partial charge in [0.05, 0.1) is 24.3 Å². The fourth-order valence-electron chi connectivity index (χ4n) is 4.10.